The van der Waals surface area contributed by atoms with Gasteiger partial charge in [0.25, 0.3) is 0 Å². The number of benzene rings is 9. The minimum Gasteiger partial charge on any atom is -0.456 e. The monoisotopic (exact) mass is 855 g/mol. The highest BCUT2D eigenvalue weighted by molar-refractivity contribution is 6.14. The average molecular weight is 856 g/mol. The minimum absolute atomic E-state index is 0.174. The number of rotatable bonds is 5. The Morgan fingerprint density at radius 3 is 2.03 bits per heavy atom. The second-order valence-corrected chi connectivity index (χ2v) is 18.7. The Labute approximate surface area is 387 Å². The first-order chi connectivity index (χ1) is 32.9. The van der Waals surface area contributed by atoms with Crippen LogP contribution in [0.25, 0.3) is 122 Å². The number of para-hydroxylation sites is 1. The molecular formula is C63H41N3O. The lowest BCUT2D eigenvalue weighted by Gasteiger charge is -2.22. The highest BCUT2D eigenvalue weighted by Crippen LogP contribution is 2.50. The van der Waals surface area contributed by atoms with Gasteiger partial charge in [-0.2, -0.15) is 0 Å². The number of aromatic nitrogens is 3. The molecule has 0 spiro atoms. The van der Waals surface area contributed by atoms with Crippen molar-refractivity contribution < 1.29 is 4.42 Å². The summed E-state index contributed by atoms with van der Waals surface area (Å²) in [5, 5.41) is 7.07. The first kappa shape index (κ1) is 37.9. The average Bonchev–Trinajstić information content (AvgIpc) is 4.03. The first-order valence-corrected chi connectivity index (χ1v) is 23.1. The fourth-order valence-corrected chi connectivity index (χ4v) is 11.2. The summed E-state index contributed by atoms with van der Waals surface area (Å²) in [6, 6.07) is 70.0. The number of fused-ring (bicyclic) bond motifs is 12. The van der Waals surface area contributed by atoms with Gasteiger partial charge in [0.2, 0.25) is 0 Å². The van der Waals surface area contributed by atoms with Crippen LogP contribution in [-0.4, -0.2) is 15.0 Å². The molecule has 0 amide bonds. The van der Waals surface area contributed by atoms with Crippen molar-refractivity contribution in [2.45, 2.75) is 25.7 Å². The molecule has 0 saturated carbocycles. The quantitative estimate of drug-likeness (QED) is 0.173. The molecule has 14 rings (SSSR count). The van der Waals surface area contributed by atoms with Crippen LogP contribution in [0.3, 0.4) is 0 Å². The lowest BCUT2D eigenvalue weighted by atomic mass is 9.82. The first-order valence-electron chi connectivity index (χ1n) is 23.1. The topological polar surface area (TPSA) is 51.8 Å². The molecule has 0 fully saturated rings. The Bertz CT molecular complexity index is 4060. The van der Waals surface area contributed by atoms with Crippen LogP contribution in [0.4, 0.5) is 0 Å². The van der Waals surface area contributed by atoms with Crippen molar-refractivity contribution in [1.82, 2.24) is 15.0 Å². The molecule has 0 saturated heterocycles. The molecule has 9 aromatic carbocycles. The van der Waals surface area contributed by atoms with Crippen LogP contribution in [0.5, 0.6) is 0 Å². The molecule has 67 heavy (non-hydrogen) atoms. The second kappa shape index (κ2) is 14.3. The van der Waals surface area contributed by atoms with Gasteiger partial charge in [-0.1, -0.05) is 159 Å². The molecule has 3 aromatic heterocycles. The molecule has 2 aliphatic rings. The molecule has 4 heteroatoms. The van der Waals surface area contributed by atoms with Gasteiger partial charge in [0.05, 0.1) is 17.1 Å². The van der Waals surface area contributed by atoms with Gasteiger partial charge in [0, 0.05) is 50.0 Å². The molecule has 12 aromatic rings. The van der Waals surface area contributed by atoms with Crippen LogP contribution in [0.15, 0.2) is 205 Å². The van der Waals surface area contributed by atoms with E-state index < -0.39 is 0 Å². The smallest absolute Gasteiger partial charge is 0.160 e. The summed E-state index contributed by atoms with van der Waals surface area (Å²) >= 11 is 0. The van der Waals surface area contributed by atoms with E-state index >= 15 is 0 Å². The van der Waals surface area contributed by atoms with Crippen LogP contribution in [0.2, 0.25) is 0 Å². The summed E-state index contributed by atoms with van der Waals surface area (Å²) in [7, 11) is 0. The zero-order valence-electron chi connectivity index (χ0n) is 37.0. The van der Waals surface area contributed by atoms with E-state index in [0.29, 0.717) is 5.82 Å². The zero-order chi connectivity index (χ0) is 44.4. The Morgan fingerprint density at radius 1 is 0.433 bits per heavy atom. The lowest BCUT2D eigenvalue weighted by Crippen LogP contribution is -2.15. The molecular weight excluding hydrogens is 815 g/mol. The largest absolute Gasteiger partial charge is 0.456 e. The lowest BCUT2D eigenvalue weighted by molar-refractivity contribution is 0.660. The number of pyridine rings is 1. The third-order valence-electron chi connectivity index (χ3n) is 14.6. The van der Waals surface area contributed by atoms with Crippen molar-refractivity contribution >= 4 is 43.5 Å². The summed E-state index contributed by atoms with van der Waals surface area (Å²) in [4.78, 5) is 15.8. The zero-order valence-corrected chi connectivity index (χ0v) is 37.0. The van der Waals surface area contributed by atoms with Crippen molar-refractivity contribution in [3.63, 3.8) is 0 Å². The van der Waals surface area contributed by atoms with Gasteiger partial charge in [-0.15, -0.1) is 0 Å². The maximum Gasteiger partial charge on any atom is 0.160 e. The molecule has 2 aliphatic carbocycles. The second-order valence-electron chi connectivity index (χ2n) is 18.7. The molecule has 0 N–H and O–H groups in total. The summed E-state index contributed by atoms with van der Waals surface area (Å²) in [5.41, 5.74) is 20.8. The molecule has 0 aliphatic heterocycles. The van der Waals surface area contributed by atoms with E-state index in [9.17, 15) is 0 Å². The number of nitrogens with zero attached hydrogens (tertiary/aromatic N) is 3. The standard InChI is InChI=1S/C63H41N3O/c1-63(2)54-20-9-7-18-48(54)49-27-25-43(34-55(49)63)62-65-56(41-14-11-15-42(30-41)61-46-17-6-4-13-38(46)28-29-64-61)36-57(66-62)44-33-52(60-50-19-8-10-21-58(50)67-59(60)35-44)40-23-22-39-32-53-45-16-5-3-12-37(45)24-26-47(53)51(39)31-40/h3-31,33-36H,32H2,1-2H3. The van der Waals surface area contributed by atoms with Gasteiger partial charge in [0.1, 0.15) is 11.2 Å². The summed E-state index contributed by atoms with van der Waals surface area (Å²) in [5.74, 6) is 0.670. The summed E-state index contributed by atoms with van der Waals surface area (Å²) < 4.78 is 6.76. The van der Waals surface area contributed by atoms with E-state index in [1.807, 2.05) is 12.3 Å². The normalized spacial score (nSPS) is 13.3. The van der Waals surface area contributed by atoms with Crippen LogP contribution < -0.4 is 0 Å². The Balaban J connectivity index is 0.980. The van der Waals surface area contributed by atoms with Crippen molar-refractivity contribution in [2.24, 2.45) is 0 Å². The molecule has 3 heterocycles. The minimum atomic E-state index is -0.174. The third kappa shape index (κ3) is 5.82. The predicted octanol–water partition coefficient (Wildman–Crippen LogP) is 16.3. The van der Waals surface area contributed by atoms with E-state index in [1.54, 1.807) is 0 Å². The fourth-order valence-electron chi connectivity index (χ4n) is 11.2. The van der Waals surface area contributed by atoms with Crippen molar-refractivity contribution in [3.05, 3.63) is 223 Å². The Morgan fingerprint density at radius 2 is 1.13 bits per heavy atom. The third-order valence-corrected chi connectivity index (χ3v) is 14.6. The van der Waals surface area contributed by atoms with Crippen molar-refractivity contribution in [3.8, 4) is 78.5 Å². The summed E-state index contributed by atoms with van der Waals surface area (Å²) in [6.45, 7) is 4.64. The van der Waals surface area contributed by atoms with Gasteiger partial charge in [-0.25, -0.2) is 9.97 Å². The highest BCUT2D eigenvalue weighted by atomic mass is 16.3. The van der Waals surface area contributed by atoms with Crippen LogP contribution in [-0.2, 0) is 11.8 Å². The van der Waals surface area contributed by atoms with Gasteiger partial charge in [-0.3, -0.25) is 4.98 Å². The Kier molecular flexibility index (Phi) is 8.06. The van der Waals surface area contributed by atoms with Crippen molar-refractivity contribution in [2.75, 3.05) is 0 Å². The number of furan rings is 1. The maximum absolute atomic E-state index is 6.76. The number of hydrogen-bond acceptors (Lipinski definition) is 4. The van der Waals surface area contributed by atoms with E-state index in [2.05, 4.69) is 202 Å². The summed E-state index contributed by atoms with van der Waals surface area (Å²) in [6.07, 6.45) is 2.82. The van der Waals surface area contributed by atoms with Crippen LogP contribution in [0, 0.1) is 0 Å². The SMILES string of the molecule is CC1(C)c2ccccc2-c2ccc(-c3nc(-c4cccc(-c5nccc6ccccc56)c4)cc(-c4cc(-c5ccc6c(c5)-c5ccc7ccccc7c5C6)c5c(c4)oc4ccccc45)n3)cc21. The van der Waals surface area contributed by atoms with Crippen LogP contribution >= 0.6 is 0 Å². The molecule has 0 atom stereocenters. The van der Waals surface area contributed by atoms with E-state index in [1.165, 1.54) is 55.3 Å². The Hall–Kier alpha value is -8.47. The van der Waals surface area contributed by atoms with E-state index in [4.69, 9.17) is 19.4 Å². The van der Waals surface area contributed by atoms with Gasteiger partial charge in [0.15, 0.2) is 5.82 Å². The molecule has 4 nitrogen and oxygen atoms in total. The van der Waals surface area contributed by atoms with E-state index in [0.717, 1.165) is 89.6 Å². The van der Waals surface area contributed by atoms with Gasteiger partial charge < -0.3 is 4.42 Å². The molecule has 0 unspecified atom stereocenters. The molecule has 314 valence electrons. The number of hydrogen-bond donors (Lipinski definition) is 0. The van der Waals surface area contributed by atoms with E-state index in [-0.39, 0.29) is 5.41 Å². The van der Waals surface area contributed by atoms with Gasteiger partial charge in [-0.05, 0) is 127 Å². The maximum atomic E-state index is 6.76. The van der Waals surface area contributed by atoms with Crippen LogP contribution in [0.1, 0.15) is 36.1 Å². The fraction of sp³-hybridized carbons (Fsp3) is 0.0635. The molecule has 0 radical (unpaired) electrons. The van der Waals surface area contributed by atoms with Gasteiger partial charge >= 0.3 is 0 Å². The van der Waals surface area contributed by atoms with Crippen molar-refractivity contribution in [1.29, 1.82) is 0 Å². The molecule has 0 bridgehead atoms. The predicted molar refractivity (Wildman–Crippen MR) is 275 cm³/mol. The highest BCUT2D eigenvalue weighted by Gasteiger charge is 2.35.